The Morgan fingerprint density at radius 2 is 2.06 bits per heavy atom. The Morgan fingerprint density at radius 3 is 2.78 bits per heavy atom. The van der Waals surface area contributed by atoms with E-state index in [-0.39, 0.29) is 10.2 Å². The number of aromatic nitrogens is 1. The largest absolute Gasteiger partial charge is 0.377 e. The summed E-state index contributed by atoms with van der Waals surface area (Å²) in [7, 11) is 0. The molecule has 18 heavy (non-hydrogen) atoms. The fourth-order valence-corrected chi connectivity index (χ4v) is 1.86. The Hall–Kier alpha value is -1.49. The van der Waals surface area contributed by atoms with E-state index in [1.807, 2.05) is 19.1 Å². The third-order valence-electron chi connectivity index (χ3n) is 2.57. The molecule has 1 aromatic carbocycles. The summed E-state index contributed by atoms with van der Waals surface area (Å²) in [6, 6.07) is 5.97. The first-order valence-corrected chi connectivity index (χ1v) is 6.16. The molecular formula is C13H11BrF2N2. The van der Waals surface area contributed by atoms with Crippen molar-refractivity contribution in [2.45, 2.75) is 13.5 Å². The number of rotatable bonds is 3. The van der Waals surface area contributed by atoms with Gasteiger partial charge in [-0.1, -0.05) is 6.07 Å². The highest BCUT2D eigenvalue weighted by Gasteiger charge is 2.08. The fraction of sp³-hybridized carbons (Fsp3) is 0.154. The molecule has 0 fully saturated rings. The molecule has 2 nitrogen and oxygen atoms in total. The molecule has 0 unspecified atom stereocenters. The van der Waals surface area contributed by atoms with Crippen LogP contribution in [0.2, 0.25) is 0 Å². The van der Waals surface area contributed by atoms with Crippen LogP contribution in [0.1, 0.15) is 11.3 Å². The van der Waals surface area contributed by atoms with Crippen molar-refractivity contribution in [2.75, 3.05) is 5.32 Å². The molecule has 0 radical (unpaired) electrons. The molecule has 0 aliphatic heterocycles. The lowest BCUT2D eigenvalue weighted by atomic mass is 10.2. The molecular weight excluding hydrogens is 302 g/mol. The summed E-state index contributed by atoms with van der Waals surface area (Å²) < 4.78 is 27.0. The summed E-state index contributed by atoms with van der Waals surface area (Å²) in [6.07, 6.45) is 1.67. The summed E-state index contributed by atoms with van der Waals surface area (Å²) in [5, 5.41) is 2.84. The molecule has 0 saturated carbocycles. The van der Waals surface area contributed by atoms with E-state index in [4.69, 9.17) is 0 Å². The number of nitrogens with zero attached hydrogens (tertiary/aromatic N) is 1. The minimum Gasteiger partial charge on any atom is -0.377 e. The van der Waals surface area contributed by atoms with Crippen LogP contribution in [0, 0.1) is 18.6 Å². The van der Waals surface area contributed by atoms with Crippen molar-refractivity contribution >= 4 is 21.6 Å². The van der Waals surface area contributed by atoms with E-state index in [2.05, 4.69) is 26.2 Å². The van der Waals surface area contributed by atoms with Crippen LogP contribution >= 0.6 is 15.9 Å². The number of hydrogen-bond acceptors (Lipinski definition) is 2. The van der Waals surface area contributed by atoms with Gasteiger partial charge in [0, 0.05) is 12.3 Å². The van der Waals surface area contributed by atoms with E-state index >= 15 is 0 Å². The molecule has 1 N–H and O–H groups in total. The number of anilines is 1. The monoisotopic (exact) mass is 312 g/mol. The van der Waals surface area contributed by atoms with Crippen LogP contribution < -0.4 is 5.32 Å². The topological polar surface area (TPSA) is 24.9 Å². The number of pyridine rings is 1. The molecule has 1 heterocycles. The van der Waals surface area contributed by atoms with Gasteiger partial charge in [-0.05, 0) is 40.5 Å². The molecule has 94 valence electrons. The maximum absolute atomic E-state index is 13.6. The first-order valence-electron chi connectivity index (χ1n) is 5.37. The zero-order chi connectivity index (χ0) is 13.1. The van der Waals surface area contributed by atoms with Crippen LogP contribution in [0.4, 0.5) is 14.5 Å². The van der Waals surface area contributed by atoms with E-state index in [0.29, 0.717) is 6.54 Å². The molecule has 0 bridgehead atoms. The smallest absolute Gasteiger partial charge is 0.147 e. The van der Waals surface area contributed by atoms with E-state index in [0.717, 1.165) is 23.4 Å². The average molecular weight is 313 g/mol. The Bertz CT molecular complexity index is 573. The van der Waals surface area contributed by atoms with Crippen molar-refractivity contribution in [3.05, 3.63) is 57.8 Å². The molecule has 0 aliphatic carbocycles. The average Bonchev–Trinajstić information content (AvgIpc) is 2.34. The minimum absolute atomic E-state index is 0.111. The lowest BCUT2D eigenvalue weighted by Crippen LogP contribution is -2.05. The summed E-state index contributed by atoms with van der Waals surface area (Å²) in [4.78, 5) is 4.18. The molecule has 0 saturated heterocycles. The van der Waals surface area contributed by atoms with Gasteiger partial charge in [0.1, 0.15) is 11.6 Å². The second-order valence-electron chi connectivity index (χ2n) is 3.87. The predicted octanol–water partition coefficient (Wildman–Crippen LogP) is 4.04. The van der Waals surface area contributed by atoms with Crippen LogP contribution in [0.3, 0.4) is 0 Å². The zero-order valence-electron chi connectivity index (χ0n) is 9.67. The summed E-state index contributed by atoms with van der Waals surface area (Å²) in [6.45, 7) is 2.27. The normalized spacial score (nSPS) is 10.4. The van der Waals surface area contributed by atoms with Gasteiger partial charge in [-0.15, -0.1) is 0 Å². The van der Waals surface area contributed by atoms with Crippen molar-refractivity contribution in [1.82, 2.24) is 4.98 Å². The highest BCUT2D eigenvalue weighted by Crippen LogP contribution is 2.23. The van der Waals surface area contributed by atoms with Crippen LogP contribution in [0.25, 0.3) is 0 Å². The number of benzene rings is 1. The van der Waals surface area contributed by atoms with Gasteiger partial charge in [0.15, 0.2) is 0 Å². The summed E-state index contributed by atoms with van der Waals surface area (Å²) >= 11 is 2.93. The van der Waals surface area contributed by atoms with Crippen LogP contribution in [-0.2, 0) is 6.54 Å². The van der Waals surface area contributed by atoms with E-state index in [1.165, 1.54) is 0 Å². The Kier molecular flexibility index (Phi) is 3.91. The van der Waals surface area contributed by atoms with Gasteiger partial charge in [0.25, 0.3) is 0 Å². The van der Waals surface area contributed by atoms with Crippen LogP contribution in [-0.4, -0.2) is 4.98 Å². The number of hydrogen-bond donors (Lipinski definition) is 1. The fourth-order valence-electron chi connectivity index (χ4n) is 1.54. The third kappa shape index (κ3) is 2.85. The molecule has 2 aromatic rings. The molecule has 0 spiro atoms. The maximum atomic E-state index is 13.6. The molecule has 1 aromatic heterocycles. The third-order valence-corrected chi connectivity index (χ3v) is 3.18. The second kappa shape index (κ2) is 5.44. The molecule has 0 aliphatic rings. The van der Waals surface area contributed by atoms with E-state index in [1.54, 1.807) is 6.20 Å². The number of aryl methyl sites for hydroxylation is 1. The van der Waals surface area contributed by atoms with Crippen molar-refractivity contribution in [3.8, 4) is 0 Å². The van der Waals surface area contributed by atoms with Crippen molar-refractivity contribution in [1.29, 1.82) is 0 Å². The lowest BCUT2D eigenvalue weighted by Gasteiger charge is -2.09. The molecule has 2 rings (SSSR count). The molecule has 5 heteroatoms. The van der Waals surface area contributed by atoms with Crippen molar-refractivity contribution in [3.63, 3.8) is 0 Å². The first kappa shape index (κ1) is 13.0. The van der Waals surface area contributed by atoms with Crippen LogP contribution in [0.5, 0.6) is 0 Å². The number of halogens is 3. The Labute approximate surface area is 112 Å². The molecule has 0 amide bonds. The highest BCUT2D eigenvalue weighted by atomic mass is 79.9. The quantitative estimate of drug-likeness (QED) is 0.865. The lowest BCUT2D eigenvalue weighted by molar-refractivity contribution is 0.596. The van der Waals surface area contributed by atoms with Gasteiger partial charge in [-0.3, -0.25) is 4.98 Å². The highest BCUT2D eigenvalue weighted by molar-refractivity contribution is 9.10. The van der Waals surface area contributed by atoms with E-state index < -0.39 is 11.6 Å². The van der Waals surface area contributed by atoms with E-state index in [9.17, 15) is 8.78 Å². The van der Waals surface area contributed by atoms with Crippen molar-refractivity contribution < 1.29 is 8.78 Å². The maximum Gasteiger partial charge on any atom is 0.147 e. The van der Waals surface area contributed by atoms with Gasteiger partial charge in [-0.2, -0.15) is 0 Å². The van der Waals surface area contributed by atoms with Gasteiger partial charge < -0.3 is 5.32 Å². The summed E-state index contributed by atoms with van der Waals surface area (Å²) in [5.74, 6) is -1.01. The first-order chi connectivity index (χ1) is 8.58. The number of nitrogens with one attached hydrogen (secondary N) is 1. The van der Waals surface area contributed by atoms with Crippen molar-refractivity contribution in [2.24, 2.45) is 0 Å². The predicted molar refractivity (Wildman–Crippen MR) is 70.4 cm³/mol. The Balaban J connectivity index is 2.16. The van der Waals surface area contributed by atoms with Crippen LogP contribution in [0.15, 0.2) is 34.9 Å². The zero-order valence-corrected chi connectivity index (χ0v) is 11.3. The second-order valence-corrected chi connectivity index (χ2v) is 4.72. The van der Waals surface area contributed by atoms with Gasteiger partial charge >= 0.3 is 0 Å². The molecule has 0 atom stereocenters. The van der Waals surface area contributed by atoms with Gasteiger partial charge in [0.05, 0.1) is 22.4 Å². The summed E-state index contributed by atoms with van der Waals surface area (Å²) in [5.41, 5.74) is 1.93. The van der Waals surface area contributed by atoms with Gasteiger partial charge in [-0.25, -0.2) is 8.78 Å². The SMILES string of the molecule is Cc1cccnc1CNc1cc(F)c(Br)cc1F. The Morgan fingerprint density at radius 1 is 1.28 bits per heavy atom. The minimum atomic E-state index is -0.503. The van der Waals surface area contributed by atoms with Gasteiger partial charge in [0.2, 0.25) is 0 Å². The standard InChI is InChI=1S/C13H11BrF2N2/c1-8-3-2-4-17-13(8)7-18-12-6-10(15)9(14)5-11(12)16/h2-6,18H,7H2,1H3.